The fraction of sp³-hybridized carbons (Fsp3) is 0.294. The van der Waals surface area contributed by atoms with Crippen LogP contribution in [-0.4, -0.2) is 18.3 Å². The van der Waals surface area contributed by atoms with Crippen LogP contribution < -0.4 is 5.73 Å². The molecular weight excluding hydrogens is 289 g/mol. The molecule has 0 radical (unpaired) electrons. The largest absolute Gasteiger partial charge is 0.395 e. The van der Waals surface area contributed by atoms with Crippen molar-refractivity contribution in [3.8, 4) is 0 Å². The Labute approximate surface area is 129 Å². The average Bonchev–Trinajstić information content (AvgIpc) is 2.48. The molecule has 21 heavy (non-hydrogen) atoms. The Morgan fingerprint density at radius 1 is 1.24 bits per heavy atom. The zero-order chi connectivity index (χ0) is 15.5. The van der Waals surface area contributed by atoms with Crippen LogP contribution in [0.15, 0.2) is 42.5 Å². The fourth-order valence-electron chi connectivity index (χ4n) is 2.68. The van der Waals surface area contributed by atoms with Crippen LogP contribution in [0.4, 0.5) is 4.39 Å². The predicted octanol–water partition coefficient (Wildman–Crippen LogP) is 3.22. The first-order valence-corrected chi connectivity index (χ1v) is 7.21. The number of aliphatic hydroxyl groups excluding tert-OH is 1. The highest BCUT2D eigenvalue weighted by Crippen LogP contribution is 2.31. The lowest BCUT2D eigenvalue weighted by Gasteiger charge is -2.33. The first-order chi connectivity index (χ1) is 10.0. The highest BCUT2D eigenvalue weighted by Gasteiger charge is 2.32. The van der Waals surface area contributed by atoms with Gasteiger partial charge >= 0.3 is 0 Å². The van der Waals surface area contributed by atoms with Gasteiger partial charge in [0.05, 0.1) is 6.61 Å². The summed E-state index contributed by atoms with van der Waals surface area (Å²) in [5, 5.41) is 10.3. The molecule has 0 aliphatic rings. The van der Waals surface area contributed by atoms with Gasteiger partial charge in [-0.15, -0.1) is 0 Å². The maximum absolute atomic E-state index is 14.1. The van der Waals surface area contributed by atoms with E-state index >= 15 is 0 Å². The summed E-state index contributed by atoms with van der Waals surface area (Å²) in [6.45, 7) is 2.06. The van der Waals surface area contributed by atoms with Crippen LogP contribution in [0.3, 0.4) is 0 Å². The van der Waals surface area contributed by atoms with E-state index in [1.807, 2.05) is 31.2 Å². The average molecular weight is 308 g/mol. The molecule has 0 saturated carbocycles. The molecule has 0 fully saturated rings. The minimum absolute atomic E-state index is 0.142. The van der Waals surface area contributed by atoms with Gasteiger partial charge in [-0.3, -0.25) is 0 Å². The minimum Gasteiger partial charge on any atom is -0.395 e. The van der Waals surface area contributed by atoms with Crippen molar-refractivity contribution in [2.24, 2.45) is 5.73 Å². The van der Waals surface area contributed by atoms with E-state index in [1.165, 1.54) is 6.07 Å². The molecule has 0 aliphatic heterocycles. The maximum Gasteiger partial charge on any atom is 0.127 e. The number of rotatable bonds is 5. The standard InChI is InChI=1S/C17H19ClFNO/c1-12-4-2-3-5-15(12)17(10-20,11-21)9-13-6-7-14(18)8-16(13)19/h2-8,21H,9-11,20H2,1H3. The third kappa shape index (κ3) is 3.26. The molecule has 0 amide bonds. The Hall–Kier alpha value is -1.42. The lowest BCUT2D eigenvalue weighted by molar-refractivity contribution is 0.194. The molecule has 2 nitrogen and oxygen atoms in total. The van der Waals surface area contributed by atoms with Gasteiger partial charge in [-0.1, -0.05) is 41.9 Å². The number of hydrogen-bond acceptors (Lipinski definition) is 2. The zero-order valence-electron chi connectivity index (χ0n) is 11.9. The van der Waals surface area contributed by atoms with Gasteiger partial charge in [0.25, 0.3) is 0 Å². The summed E-state index contributed by atoms with van der Waals surface area (Å²) in [4.78, 5) is 0. The van der Waals surface area contributed by atoms with E-state index in [-0.39, 0.29) is 19.0 Å². The van der Waals surface area contributed by atoms with Gasteiger partial charge in [-0.25, -0.2) is 4.39 Å². The van der Waals surface area contributed by atoms with Crippen molar-refractivity contribution >= 4 is 11.6 Å². The van der Waals surface area contributed by atoms with Crippen LogP contribution in [0.5, 0.6) is 0 Å². The van der Waals surface area contributed by atoms with Gasteiger partial charge in [-0.05, 0) is 42.2 Å². The van der Waals surface area contributed by atoms with Crippen molar-refractivity contribution in [2.45, 2.75) is 18.8 Å². The molecule has 2 rings (SSSR count). The third-order valence-electron chi connectivity index (χ3n) is 3.95. The summed E-state index contributed by atoms with van der Waals surface area (Å²) in [6.07, 6.45) is 0.327. The number of nitrogens with two attached hydrogens (primary N) is 1. The number of aryl methyl sites for hydroxylation is 1. The second kappa shape index (κ2) is 6.56. The van der Waals surface area contributed by atoms with E-state index in [2.05, 4.69) is 0 Å². The lowest BCUT2D eigenvalue weighted by atomic mass is 9.74. The third-order valence-corrected chi connectivity index (χ3v) is 4.19. The van der Waals surface area contributed by atoms with Crippen LogP contribution in [0, 0.1) is 12.7 Å². The van der Waals surface area contributed by atoms with E-state index in [0.717, 1.165) is 11.1 Å². The smallest absolute Gasteiger partial charge is 0.127 e. The Morgan fingerprint density at radius 3 is 2.52 bits per heavy atom. The van der Waals surface area contributed by atoms with Gasteiger partial charge in [0.2, 0.25) is 0 Å². The van der Waals surface area contributed by atoms with E-state index in [1.54, 1.807) is 12.1 Å². The van der Waals surface area contributed by atoms with Crippen molar-refractivity contribution in [1.82, 2.24) is 0 Å². The zero-order valence-corrected chi connectivity index (χ0v) is 12.7. The molecule has 0 aliphatic carbocycles. The first kappa shape index (κ1) is 16.0. The van der Waals surface area contributed by atoms with E-state index in [4.69, 9.17) is 17.3 Å². The molecule has 0 spiro atoms. The van der Waals surface area contributed by atoms with Gasteiger partial charge in [0, 0.05) is 17.0 Å². The van der Waals surface area contributed by atoms with Crippen LogP contribution in [-0.2, 0) is 11.8 Å². The summed E-state index contributed by atoms with van der Waals surface area (Å²) in [6, 6.07) is 12.3. The Bertz CT molecular complexity index is 626. The van der Waals surface area contributed by atoms with Crippen molar-refractivity contribution in [3.63, 3.8) is 0 Å². The molecule has 0 heterocycles. The number of benzene rings is 2. The molecule has 4 heteroatoms. The monoisotopic (exact) mass is 307 g/mol. The number of halogens is 2. The highest BCUT2D eigenvalue weighted by molar-refractivity contribution is 6.30. The summed E-state index contributed by atoms with van der Waals surface area (Å²) < 4.78 is 14.1. The molecule has 0 bridgehead atoms. The fourth-order valence-corrected chi connectivity index (χ4v) is 2.84. The van der Waals surface area contributed by atoms with Crippen LogP contribution in [0.25, 0.3) is 0 Å². The van der Waals surface area contributed by atoms with Crippen molar-refractivity contribution in [2.75, 3.05) is 13.2 Å². The summed E-state index contributed by atoms with van der Waals surface area (Å²) in [7, 11) is 0. The lowest BCUT2D eigenvalue weighted by Crippen LogP contribution is -2.41. The molecule has 3 N–H and O–H groups in total. The van der Waals surface area contributed by atoms with E-state index in [9.17, 15) is 9.50 Å². The SMILES string of the molecule is Cc1ccccc1C(CN)(CO)Cc1ccc(Cl)cc1F. The van der Waals surface area contributed by atoms with Crippen LogP contribution in [0.1, 0.15) is 16.7 Å². The normalized spacial score (nSPS) is 14.0. The molecular formula is C17H19ClFNO. The van der Waals surface area contributed by atoms with Gasteiger partial charge in [0.15, 0.2) is 0 Å². The van der Waals surface area contributed by atoms with E-state index < -0.39 is 5.41 Å². The molecule has 0 saturated heterocycles. The first-order valence-electron chi connectivity index (χ1n) is 6.83. The maximum atomic E-state index is 14.1. The quantitative estimate of drug-likeness (QED) is 0.891. The molecule has 0 aromatic heterocycles. The Morgan fingerprint density at radius 2 is 1.95 bits per heavy atom. The number of aliphatic hydroxyl groups is 1. The Balaban J connectivity index is 2.46. The van der Waals surface area contributed by atoms with Gasteiger partial charge < -0.3 is 10.8 Å². The molecule has 2 aromatic rings. The Kier molecular flexibility index (Phi) is 4.99. The van der Waals surface area contributed by atoms with Gasteiger partial charge in [-0.2, -0.15) is 0 Å². The van der Waals surface area contributed by atoms with Crippen LogP contribution in [0.2, 0.25) is 5.02 Å². The predicted molar refractivity (Wildman–Crippen MR) is 84.1 cm³/mol. The van der Waals surface area contributed by atoms with Crippen molar-refractivity contribution in [3.05, 3.63) is 70.0 Å². The van der Waals surface area contributed by atoms with Crippen LogP contribution >= 0.6 is 11.6 Å². The second-order valence-corrected chi connectivity index (χ2v) is 5.81. The second-order valence-electron chi connectivity index (χ2n) is 5.37. The summed E-state index contributed by atoms with van der Waals surface area (Å²) in [5.74, 6) is -0.373. The molecule has 1 atom stereocenters. The van der Waals surface area contributed by atoms with Crippen molar-refractivity contribution < 1.29 is 9.50 Å². The minimum atomic E-state index is -0.694. The summed E-state index contributed by atoms with van der Waals surface area (Å²) >= 11 is 5.78. The van der Waals surface area contributed by atoms with Gasteiger partial charge in [0.1, 0.15) is 5.82 Å². The molecule has 1 unspecified atom stereocenters. The summed E-state index contributed by atoms with van der Waals surface area (Å²) in [5.41, 5.74) is 7.73. The van der Waals surface area contributed by atoms with E-state index in [0.29, 0.717) is 17.0 Å². The topological polar surface area (TPSA) is 46.2 Å². The highest BCUT2D eigenvalue weighted by atomic mass is 35.5. The molecule has 112 valence electrons. The van der Waals surface area contributed by atoms with Crippen molar-refractivity contribution in [1.29, 1.82) is 0 Å². The molecule has 2 aromatic carbocycles. The number of hydrogen-bond donors (Lipinski definition) is 2.